The summed E-state index contributed by atoms with van der Waals surface area (Å²) in [7, 11) is 1.48. The van der Waals surface area contributed by atoms with Crippen molar-refractivity contribution in [1.29, 1.82) is 0 Å². The van der Waals surface area contributed by atoms with Gasteiger partial charge in [0.15, 0.2) is 11.6 Å². The Kier molecular flexibility index (Phi) is 4.28. The van der Waals surface area contributed by atoms with E-state index >= 15 is 0 Å². The molecule has 1 unspecified atom stereocenters. The highest BCUT2D eigenvalue weighted by atomic mass is 19.1. The fourth-order valence-electron chi connectivity index (χ4n) is 2.11. The lowest BCUT2D eigenvalue weighted by atomic mass is 10.1. The van der Waals surface area contributed by atoms with Gasteiger partial charge in [0.25, 0.3) is 0 Å². The van der Waals surface area contributed by atoms with Gasteiger partial charge >= 0.3 is 0 Å². The van der Waals surface area contributed by atoms with Gasteiger partial charge in [-0.15, -0.1) is 0 Å². The van der Waals surface area contributed by atoms with Crippen LogP contribution in [0.3, 0.4) is 0 Å². The second-order valence-corrected chi connectivity index (χ2v) is 5.06. The number of ether oxygens (including phenoxy) is 1. The smallest absolute Gasteiger partial charge is 0.165 e. The van der Waals surface area contributed by atoms with E-state index in [1.807, 2.05) is 6.92 Å². The van der Waals surface area contributed by atoms with Gasteiger partial charge < -0.3 is 10.1 Å². The predicted octanol–water partition coefficient (Wildman–Crippen LogP) is 4.62. The van der Waals surface area contributed by atoms with Crippen LogP contribution in [0.25, 0.3) is 0 Å². The molecule has 0 saturated heterocycles. The number of anilines is 1. The summed E-state index contributed by atoms with van der Waals surface area (Å²) in [5.74, 6) is -0.0640. The first-order chi connectivity index (χ1) is 9.51. The summed E-state index contributed by atoms with van der Waals surface area (Å²) in [6, 6.07) is 11.3. The van der Waals surface area contributed by atoms with E-state index in [0.717, 1.165) is 11.3 Å². The quantitative estimate of drug-likeness (QED) is 0.877. The maximum Gasteiger partial charge on any atom is 0.165 e. The van der Waals surface area contributed by atoms with Crippen LogP contribution in [0.5, 0.6) is 5.75 Å². The number of hydrogen-bond donors (Lipinski definition) is 1. The minimum absolute atomic E-state index is 0.0756. The Balaban J connectivity index is 2.19. The minimum Gasteiger partial charge on any atom is -0.494 e. The molecule has 0 aliphatic heterocycles. The largest absolute Gasteiger partial charge is 0.494 e. The molecule has 106 valence electrons. The highest BCUT2D eigenvalue weighted by Gasteiger charge is 2.10. The summed E-state index contributed by atoms with van der Waals surface area (Å²) < 4.78 is 18.4. The Hall–Kier alpha value is -2.03. The molecule has 2 rings (SSSR count). The van der Waals surface area contributed by atoms with Crippen molar-refractivity contribution in [1.82, 2.24) is 0 Å². The van der Waals surface area contributed by atoms with Crippen molar-refractivity contribution in [2.45, 2.75) is 26.8 Å². The number of halogens is 1. The normalized spacial score (nSPS) is 12.1. The average Bonchev–Trinajstić information content (AvgIpc) is 2.43. The fraction of sp³-hybridized carbons (Fsp3) is 0.294. The molecule has 0 aromatic heterocycles. The molecule has 0 bridgehead atoms. The third-order valence-electron chi connectivity index (χ3n) is 3.57. The molecule has 2 aromatic carbocycles. The molecule has 2 aromatic rings. The van der Waals surface area contributed by atoms with E-state index in [1.54, 1.807) is 12.1 Å². The molecule has 0 amide bonds. The second kappa shape index (κ2) is 5.95. The topological polar surface area (TPSA) is 21.3 Å². The average molecular weight is 273 g/mol. The van der Waals surface area contributed by atoms with E-state index in [0.29, 0.717) is 0 Å². The van der Waals surface area contributed by atoms with Crippen molar-refractivity contribution < 1.29 is 9.13 Å². The summed E-state index contributed by atoms with van der Waals surface area (Å²) in [4.78, 5) is 0. The Morgan fingerprint density at radius 1 is 1.05 bits per heavy atom. The third-order valence-corrected chi connectivity index (χ3v) is 3.57. The van der Waals surface area contributed by atoms with Gasteiger partial charge in [-0.3, -0.25) is 0 Å². The van der Waals surface area contributed by atoms with Gasteiger partial charge in [0, 0.05) is 11.7 Å². The molecule has 0 saturated carbocycles. The highest BCUT2D eigenvalue weighted by Crippen LogP contribution is 2.25. The Morgan fingerprint density at radius 2 is 1.80 bits per heavy atom. The molecule has 0 aliphatic carbocycles. The number of nitrogens with one attached hydrogen (secondary N) is 1. The number of aryl methyl sites for hydroxylation is 2. The van der Waals surface area contributed by atoms with Gasteiger partial charge in [0.1, 0.15) is 0 Å². The summed E-state index contributed by atoms with van der Waals surface area (Å²) in [6.45, 7) is 6.22. The summed E-state index contributed by atoms with van der Waals surface area (Å²) in [5.41, 5.74) is 4.57. The van der Waals surface area contributed by atoms with E-state index in [4.69, 9.17) is 4.74 Å². The van der Waals surface area contributed by atoms with E-state index < -0.39 is 0 Å². The maximum absolute atomic E-state index is 13.4. The van der Waals surface area contributed by atoms with Crippen molar-refractivity contribution in [3.63, 3.8) is 0 Å². The van der Waals surface area contributed by atoms with E-state index in [9.17, 15) is 4.39 Å². The van der Waals surface area contributed by atoms with Crippen molar-refractivity contribution in [3.8, 4) is 5.75 Å². The van der Waals surface area contributed by atoms with Gasteiger partial charge in [-0.05, 0) is 61.7 Å². The number of rotatable bonds is 4. The van der Waals surface area contributed by atoms with Crippen LogP contribution >= 0.6 is 0 Å². The fourth-order valence-corrected chi connectivity index (χ4v) is 2.11. The van der Waals surface area contributed by atoms with Crippen LogP contribution in [0.4, 0.5) is 10.1 Å². The van der Waals surface area contributed by atoms with Crippen LogP contribution in [-0.2, 0) is 0 Å². The van der Waals surface area contributed by atoms with Crippen molar-refractivity contribution >= 4 is 5.69 Å². The van der Waals surface area contributed by atoms with Crippen LogP contribution in [0, 0.1) is 19.7 Å². The van der Waals surface area contributed by atoms with Crippen LogP contribution < -0.4 is 10.1 Å². The molecule has 0 aliphatic rings. The third kappa shape index (κ3) is 3.10. The van der Waals surface area contributed by atoms with Crippen molar-refractivity contribution in [2.24, 2.45) is 0 Å². The molecule has 1 N–H and O–H groups in total. The number of methoxy groups -OCH3 is 1. The van der Waals surface area contributed by atoms with Crippen LogP contribution in [0.15, 0.2) is 36.4 Å². The lowest BCUT2D eigenvalue weighted by Gasteiger charge is -2.17. The van der Waals surface area contributed by atoms with Gasteiger partial charge in [0.05, 0.1) is 7.11 Å². The SMILES string of the molecule is COc1cc(C(C)Nc2ccc(C)c(C)c2)ccc1F. The van der Waals surface area contributed by atoms with E-state index in [2.05, 4.69) is 37.4 Å². The first-order valence-electron chi connectivity index (χ1n) is 6.68. The molecule has 20 heavy (non-hydrogen) atoms. The predicted molar refractivity (Wildman–Crippen MR) is 80.9 cm³/mol. The monoisotopic (exact) mass is 273 g/mol. The zero-order valence-electron chi connectivity index (χ0n) is 12.3. The van der Waals surface area contributed by atoms with Gasteiger partial charge in [-0.1, -0.05) is 12.1 Å². The van der Waals surface area contributed by atoms with Crippen molar-refractivity contribution in [3.05, 3.63) is 58.9 Å². The number of benzene rings is 2. The van der Waals surface area contributed by atoms with E-state index in [1.165, 1.54) is 24.3 Å². The lowest BCUT2D eigenvalue weighted by Crippen LogP contribution is -2.07. The van der Waals surface area contributed by atoms with E-state index in [-0.39, 0.29) is 17.6 Å². The van der Waals surface area contributed by atoms with Crippen LogP contribution in [0.1, 0.15) is 29.7 Å². The molecule has 0 heterocycles. The Bertz CT molecular complexity index is 610. The first-order valence-corrected chi connectivity index (χ1v) is 6.68. The summed E-state index contributed by atoms with van der Waals surface area (Å²) in [5, 5.41) is 3.42. The zero-order chi connectivity index (χ0) is 14.7. The maximum atomic E-state index is 13.4. The summed E-state index contributed by atoms with van der Waals surface area (Å²) >= 11 is 0. The molecular weight excluding hydrogens is 253 g/mol. The summed E-state index contributed by atoms with van der Waals surface area (Å²) in [6.07, 6.45) is 0. The number of hydrogen-bond acceptors (Lipinski definition) is 2. The minimum atomic E-state index is -0.338. The molecule has 0 fully saturated rings. The van der Waals surface area contributed by atoms with Gasteiger partial charge in [-0.25, -0.2) is 4.39 Å². The van der Waals surface area contributed by atoms with Gasteiger partial charge in [-0.2, -0.15) is 0 Å². The van der Waals surface area contributed by atoms with Crippen molar-refractivity contribution in [2.75, 3.05) is 12.4 Å². The standard InChI is InChI=1S/C17H20FNO/c1-11-5-7-15(9-12(11)2)19-13(3)14-6-8-16(18)17(10-14)20-4/h5-10,13,19H,1-4H3. The molecule has 0 radical (unpaired) electrons. The Morgan fingerprint density at radius 3 is 2.45 bits per heavy atom. The molecule has 3 heteroatoms. The highest BCUT2D eigenvalue weighted by molar-refractivity contribution is 5.50. The molecule has 1 atom stereocenters. The van der Waals surface area contributed by atoms with Crippen LogP contribution in [-0.4, -0.2) is 7.11 Å². The van der Waals surface area contributed by atoms with Gasteiger partial charge in [0.2, 0.25) is 0 Å². The van der Waals surface area contributed by atoms with Crippen LogP contribution in [0.2, 0.25) is 0 Å². The first kappa shape index (κ1) is 14.4. The molecular formula is C17H20FNO. The Labute approximate surface area is 119 Å². The zero-order valence-corrected chi connectivity index (χ0v) is 12.3. The second-order valence-electron chi connectivity index (χ2n) is 5.06. The molecule has 2 nitrogen and oxygen atoms in total. The lowest BCUT2D eigenvalue weighted by molar-refractivity contribution is 0.385. The molecule has 0 spiro atoms.